The van der Waals surface area contributed by atoms with Gasteiger partial charge in [-0.2, -0.15) is 5.10 Å². The highest BCUT2D eigenvalue weighted by Crippen LogP contribution is 2.29. The van der Waals surface area contributed by atoms with Crippen LogP contribution in [0, 0.1) is 10.1 Å². The molecule has 2 aromatic carbocycles. The molecule has 3 rings (SSSR count). The number of benzene rings is 2. The molecule has 1 amide bonds. The Morgan fingerprint density at radius 1 is 1.28 bits per heavy atom. The smallest absolute Gasteiger partial charge is 0.271 e. The maximum Gasteiger partial charge on any atom is 0.271 e. The molecule has 0 bridgehead atoms. The fraction of sp³-hybridized carbons (Fsp3) is 0.158. The van der Waals surface area contributed by atoms with Crippen LogP contribution in [0.3, 0.4) is 0 Å². The minimum atomic E-state index is -0.520. The zero-order valence-corrected chi connectivity index (χ0v) is 17.4. The van der Waals surface area contributed by atoms with E-state index in [1.807, 2.05) is 6.20 Å². The molecule has 150 valence electrons. The normalized spacial score (nSPS) is 10.6. The van der Waals surface area contributed by atoms with Gasteiger partial charge < -0.3 is 10.1 Å². The third kappa shape index (κ3) is 5.78. The maximum absolute atomic E-state index is 12.2. The van der Waals surface area contributed by atoms with Crippen LogP contribution in [0.4, 0.5) is 5.69 Å². The summed E-state index contributed by atoms with van der Waals surface area (Å²) in [6.07, 6.45) is 3.52. The lowest BCUT2D eigenvalue weighted by Crippen LogP contribution is -2.27. The van der Waals surface area contributed by atoms with E-state index in [2.05, 4.69) is 26.3 Å². The molecule has 0 spiro atoms. The van der Waals surface area contributed by atoms with Gasteiger partial charge in [0.1, 0.15) is 12.4 Å². The van der Waals surface area contributed by atoms with Gasteiger partial charge >= 0.3 is 0 Å². The van der Waals surface area contributed by atoms with Gasteiger partial charge in [0.05, 0.1) is 27.2 Å². The average molecular weight is 480 g/mol. The van der Waals surface area contributed by atoms with Gasteiger partial charge in [0, 0.05) is 30.4 Å². The molecule has 29 heavy (non-hydrogen) atoms. The molecule has 0 aliphatic carbocycles. The molecule has 10 heteroatoms. The summed E-state index contributed by atoms with van der Waals surface area (Å²) in [6.45, 7) is 1.24. The highest BCUT2D eigenvalue weighted by Gasteiger charge is 2.11. The number of carbonyl (C=O) groups excluding carboxylic acids is 1. The van der Waals surface area contributed by atoms with Crippen molar-refractivity contribution in [2.75, 3.05) is 6.54 Å². The highest BCUT2D eigenvalue weighted by atomic mass is 79.9. The summed E-state index contributed by atoms with van der Waals surface area (Å²) in [7, 11) is 0. The Labute approximate surface area is 179 Å². The second kappa shape index (κ2) is 9.53. The number of nitro benzene ring substituents is 1. The Kier molecular flexibility index (Phi) is 6.84. The lowest BCUT2D eigenvalue weighted by atomic mass is 10.1. The number of nitro groups is 1. The van der Waals surface area contributed by atoms with Crippen molar-refractivity contribution in [1.82, 2.24) is 15.1 Å². The molecule has 0 aliphatic rings. The van der Waals surface area contributed by atoms with Gasteiger partial charge in [0.15, 0.2) is 0 Å². The molecule has 3 aromatic rings. The molecule has 0 radical (unpaired) electrons. The van der Waals surface area contributed by atoms with E-state index >= 15 is 0 Å². The van der Waals surface area contributed by atoms with Crippen molar-refractivity contribution in [3.63, 3.8) is 0 Å². The van der Waals surface area contributed by atoms with Gasteiger partial charge in [-0.25, -0.2) is 0 Å². The Morgan fingerprint density at radius 2 is 2.03 bits per heavy atom. The van der Waals surface area contributed by atoms with E-state index in [1.165, 1.54) is 18.2 Å². The lowest BCUT2D eigenvalue weighted by Gasteiger charge is -2.09. The molecule has 0 aliphatic heterocycles. The van der Waals surface area contributed by atoms with Crippen LogP contribution < -0.4 is 10.1 Å². The zero-order chi connectivity index (χ0) is 20.8. The van der Waals surface area contributed by atoms with Gasteiger partial charge in [-0.15, -0.1) is 0 Å². The van der Waals surface area contributed by atoms with E-state index in [9.17, 15) is 14.9 Å². The third-order valence-corrected chi connectivity index (χ3v) is 4.67. The topological polar surface area (TPSA) is 99.3 Å². The van der Waals surface area contributed by atoms with E-state index in [-0.39, 0.29) is 23.2 Å². The Balaban J connectivity index is 1.50. The second-order valence-corrected chi connectivity index (χ2v) is 7.36. The SMILES string of the molecule is O=C(NCCn1cc(Br)cn1)c1ccc(COc2ccc([N+](=O)[O-])cc2Cl)cc1. The molecule has 1 N–H and O–H groups in total. The van der Waals surface area contributed by atoms with Crippen molar-refractivity contribution in [1.29, 1.82) is 0 Å². The number of hydrogen-bond acceptors (Lipinski definition) is 5. The van der Waals surface area contributed by atoms with Gasteiger partial charge in [-0.05, 0) is 39.7 Å². The molecule has 0 atom stereocenters. The van der Waals surface area contributed by atoms with Crippen LogP contribution in [0.5, 0.6) is 5.75 Å². The summed E-state index contributed by atoms with van der Waals surface area (Å²) < 4.78 is 8.22. The third-order valence-electron chi connectivity index (χ3n) is 3.96. The molecule has 8 nitrogen and oxygen atoms in total. The fourth-order valence-corrected chi connectivity index (χ4v) is 3.04. The van der Waals surface area contributed by atoms with Gasteiger partial charge in [-0.1, -0.05) is 23.7 Å². The molecule has 0 fully saturated rings. The van der Waals surface area contributed by atoms with Crippen molar-refractivity contribution in [3.8, 4) is 5.75 Å². The summed E-state index contributed by atoms with van der Waals surface area (Å²) in [5.41, 5.74) is 1.26. The first-order chi connectivity index (χ1) is 13.9. The lowest BCUT2D eigenvalue weighted by molar-refractivity contribution is -0.384. The average Bonchev–Trinajstić information content (AvgIpc) is 3.12. The molecule has 0 unspecified atom stereocenters. The first-order valence-corrected chi connectivity index (χ1v) is 9.71. The van der Waals surface area contributed by atoms with Crippen LogP contribution in [0.25, 0.3) is 0 Å². The Hall–Kier alpha value is -2.91. The van der Waals surface area contributed by atoms with E-state index in [0.29, 0.717) is 24.4 Å². The summed E-state index contributed by atoms with van der Waals surface area (Å²) in [4.78, 5) is 22.4. The van der Waals surface area contributed by atoms with Gasteiger partial charge in [-0.3, -0.25) is 19.6 Å². The predicted molar refractivity (Wildman–Crippen MR) is 111 cm³/mol. The Bertz CT molecular complexity index is 1020. The number of carbonyl (C=O) groups is 1. The number of non-ortho nitro benzene ring substituents is 1. The van der Waals surface area contributed by atoms with Crippen LogP contribution in [0.15, 0.2) is 59.3 Å². The van der Waals surface area contributed by atoms with E-state index in [1.54, 1.807) is 35.1 Å². The highest BCUT2D eigenvalue weighted by molar-refractivity contribution is 9.10. The zero-order valence-electron chi connectivity index (χ0n) is 15.0. The minimum Gasteiger partial charge on any atom is -0.487 e. The van der Waals surface area contributed by atoms with Crippen molar-refractivity contribution in [2.24, 2.45) is 0 Å². The largest absolute Gasteiger partial charge is 0.487 e. The molecule has 0 saturated heterocycles. The van der Waals surface area contributed by atoms with Crippen LogP contribution in [0.2, 0.25) is 5.02 Å². The second-order valence-electron chi connectivity index (χ2n) is 6.03. The van der Waals surface area contributed by atoms with E-state index < -0.39 is 4.92 Å². The number of amides is 1. The maximum atomic E-state index is 12.2. The summed E-state index contributed by atoms with van der Waals surface area (Å²) in [5.74, 6) is 0.173. The quantitative estimate of drug-likeness (QED) is 0.385. The summed E-state index contributed by atoms with van der Waals surface area (Å²) in [5, 5.41) is 17.9. The number of hydrogen-bond donors (Lipinski definition) is 1. The minimum absolute atomic E-state index is 0.0992. The van der Waals surface area contributed by atoms with Crippen molar-refractivity contribution >= 4 is 39.1 Å². The monoisotopic (exact) mass is 478 g/mol. The predicted octanol–water partition coefficient (Wildman–Crippen LogP) is 4.22. The molecule has 1 heterocycles. The standard InChI is InChI=1S/C19H16BrClN4O4/c20-15-10-23-24(11-15)8-7-22-19(26)14-3-1-13(2-4-14)12-29-18-6-5-16(25(27)28)9-17(18)21/h1-6,9-11H,7-8,12H2,(H,22,26). The fourth-order valence-electron chi connectivity index (χ4n) is 2.48. The number of halogens is 2. The number of ether oxygens (including phenoxy) is 1. The van der Waals surface area contributed by atoms with Gasteiger partial charge in [0.25, 0.3) is 11.6 Å². The molecular formula is C19H16BrClN4O4. The first-order valence-electron chi connectivity index (χ1n) is 8.54. The molecule has 0 saturated carbocycles. The number of aromatic nitrogens is 2. The van der Waals surface area contributed by atoms with Crippen molar-refractivity contribution < 1.29 is 14.5 Å². The van der Waals surface area contributed by atoms with Crippen molar-refractivity contribution in [2.45, 2.75) is 13.2 Å². The first kappa shape index (κ1) is 20.8. The van der Waals surface area contributed by atoms with Crippen molar-refractivity contribution in [3.05, 3.63) is 85.6 Å². The van der Waals surface area contributed by atoms with Crippen LogP contribution in [-0.4, -0.2) is 27.2 Å². The molecular weight excluding hydrogens is 464 g/mol. The van der Waals surface area contributed by atoms with E-state index in [4.69, 9.17) is 16.3 Å². The number of nitrogens with zero attached hydrogens (tertiary/aromatic N) is 3. The summed E-state index contributed by atoms with van der Waals surface area (Å²) in [6, 6.07) is 11.0. The van der Waals surface area contributed by atoms with Crippen LogP contribution in [-0.2, 0) is 13.2 Å². The Morgan fingerprint density at radius 3 is 2.66 bits per heavy atom. The molecule has 1 aromatic heterocycles. The van der Waals surface area contributed by atoms with Gasteiger partial charge in [0.2, 0.25) is 0 Å². The summed E-state index contributed by atoms with van der Waals surface area (Å²) >= 11 is 9.33. The van der Waals surface area contributed by atoms with Crippen LogP contribution >= 0.6 is 27.5 Å². The van der Waals surface area contributed by atoms with E-state index in [0.717, 1.165) is 10.0 Å². The number of nitrogens with one attached hydrogen (secondary N) is 1. The number of rotatable bonds is 8. The van der Waals surface area contributed by atoms with Crippen LogP contribution in [0.1, 0.15) is 15.9 Å².